The summed E-state index contributed by atoms with van der Waals surface area (Å²) in [5.74, 6) is -0.116. The van der Waals surface area contributed by atoms with Crippen molar-refractivity contribution >= 4 is 33.2 Å². The first-order valence-corrected chi connectivity index (χ1v) is 10.4. The first-order valence-electron chi connectivity index (χ1n) is 8.13. The van der Waals surface area contributed by atoms with E-state index in [1.807, 2.05) is 12.1 Å². The van der Waals surface area contributed by atoms with Crippen molar-refractivity contribution in [2.24, 2.45) is 0 Å². The molecule has 1 aromatic carbocycles. The van der Waals surface area contributed by atoms with E-state index in [0.717, 1.165) is 18.2 Å². The van der Waals surface area contributed by atoms with Gasteiger partial charge < -0.3 is 4.90 Å². The topological polar surface area (TPSA) is 70.6 Å². The molecule has 2 rings (SSSR count). The molecule has 6 nitrogen and oxygen atoms in total. The molecule has 1 amide bonds. The zero-order chi connectivity index (χ0) is 19.2. The summed E-state index contributed by atoms with van der Waals surface area (Å²) >= 11 is 5.95. The number of hydrogen-bond acceptors (Lipinski definition) is 4. The van der Waals surface area contributed by atoms with Gasteiger partial charge in [-0.15, -0.1) is 0 Å². The first kappa shape index (κ1) is 20.2. The minimum atomic E-state index is -3.51. The fourth-order valence-corrected chi connectivity index (χ4v) is 3.58. The lowest BCUT2D eigenvalue weighted by atomic mass is 10.2. The van der Waals surface area contributed by atoms with E-state index >= 15 is 0 Å². The van der Waals surface area contributed by atoms with Crippen molar-refractivity contribution in [2.75, 3.05) is 30.7 Å². The van der Waals surface area contributed by atoms with E-state index < -0.39 is 10.0 Å². The van der Waals surface area contributed by atoms with Gasteiger partial charge in [0.25, 0.3) is 0 Å². The third kappa shape index (κ3) is 6.00. The van der Waals surface area contributed by atoms with Crippen molar-refractivity contribution in [2.45, 2.75) is 12.8 Å². The van der Waals surface area contributed by atoms with Crippen molar-refractivity contribution in [3.63, 3.8) is 0 Å². The number of sulfonamides is 1. The Hall–Kier alpha value is -2.12. The highest BCUT2D eigenvalue weighted by molar-refractivity contribution is 7.92. The van der Waals surface area contributed by atoms with Crippen LogP contribution in [0.3, 0.4) is 0 Å². The number of hydrogen-bond donors (Lipinski definition) is 0. The van der Waals surface area contributed by atoms with Gasteiger partial charge in [-0.25, -0.2) is 8.42 Å². The lowest BCUT2D eigenvalue weighted by molar-refractivity contribution is -0.129. The molecular weight excluding hydrogens is 374 g/mol. The van der Waals surface area contributed by atoms with Crippen molar-refractivity contribution in [1.29, 1.82) is 0 Å². The molecule has 0 saturated carbocycles. The molecule has 1 heterocycles. The summed E-state index contributed by atoms with van der Waals surface area (Å²) in [5, 5.41) is 0.442. The number of benzene rings is 1. The van der Waals surface area contributed by atoms with Gasteiger partial charge in [0.1, 0.15) is 0 Å². The van der Waals surface area contributed by atoms with Crippen LogP contribution in [-0.4, -0.2) is 50.6 Å². The Morgan fingerprint density at radius 3 is 2.46 bits per heavy atom. The number of amides is 1. The van der Waals surface area contributed by atoms with Crippen molar-refractivity contribution in [1.82, 2.24) is 9.88 Å². The molecule has 140 valence electrons. The van der Waals surface area contributed by atoms with E-state index in [9.17, 15) is 13.2 Å². The van der Waals surface area contributed by atoms with Crippen LogP contribution in [0.5, 0.6) is 0 Å². The second-order valence-corrected chi connectivity index (χ2v) is 8.33. The summed E-state index contributed by atoms with van der Waals surface area (Å²) in [7, 11) is -1.80. The number of rotatable bonds is 8. The van der Waals surface area contributed by atoms with Gasteiger partial charge in [0.2, 0.25) is 15.9 Å². The van der Waals surface area contributed by atoms with Crippen LogP contribution in [-0.2, 0) is 21.2 Å². The summed E-state index contributed by atoms with van der Waals surface area (Å²) < 4.78 is 25.4. The lowest BCUT2D eigenvalue weighted by Gasteiger charge is -2.24. The zero-order valence-corrected chi connectivity index (χ0v) is 16.4. The number of carbonyl (C=O) groups is 1. The van der Waals surface area contributed by atoms with Crippen LogP contribution in [0.2, 0.25) is 5.02 Å². The molecule has 0 spiro atoms. The fraction of sp³-hybridized carbons (Fsp3) is 0.333. The molecule has 8 heteroatoms. The van der Waals surface area contributed by atoms with Crippen LogP contribution in [0.1, 0.15) is 12.0 Å². The maximum Gasteiger partial charge on any atom is 0.232 e. The van der Waals surface area contributed by atoms with Gasteiger partial charge in [0, 0.05) is 44.0 Å². The SMILES string of the molecule is CN(CCc1ccncc1)C(=O)CCN(c1cccc(Cl)c1)S(C)(=O)=O. The quantitative estimate of drug-likeness (QED) is 0.688. The Morgan fingerprint density at radius 1 is 1.15 bits per heavy atom. The molecule has 0 aliphatic carbocycles. The molecule has 0 bridgehead atoms. The van der Waals surface area contributed by atoms with E-state index in [-0.39, 0.29) is 18.9 Å². The molecular formula is C18H22ClN3O3S. The Labute approximate surface area is 159 Å². The fourth-order valence-electron chi connectivity index (χ4n) is 2.48. The molecule has 26 heavy (non-hydrogen) atoms. The number of likely N-dealkylation sites (N-methyl/N-ethyl adjacent to an activating group) is 1. The highest BCUT2D eigenvalue weighted by Gasteiger charge is 2.20. The zero-order valence-electron chi connectivity index (χ0n) is 14.8. The normalized spacial score (nSPS) is 11.2. The van der Waals surface area contributed by atoms with Gasteiger partial charge in [0.05, 0.1) is 11.9 Å². The van der Waals surface area contributed by atoms with E-state index in [1.165, 1.54) is 4.31 Å². The maximum absolute atomic E-state index is 12.4. The molecule has 0 saturated heterocycles. The summed E-state index contributed by atoms with van der Waals surface area (Å²) in [6, 6.07) is 10.4. The third-order valence-electron chi connectivity index (χ3n) is 3.94. The van der Waals surface area contributed by atoms with Crippen molar-refractivity contribution in [3.8, 4) is 0 Å². The number of aromatic nitrogens is 1. The molecule has 0 aliphatic heterocycles. The summed E-state index contributed by atoms with van der Waals surface area (Å²) in [5.41, 5.74) is 1.54. The van der Waals surface area contributed by atoms with E-state index in [0.29, 0.717) is 17.3 Å². The predicted octanol–water partition coefficient (Wildman–Crippen LogP) is 2.59. The number of anilines is 1. The Bertz CT molecular complexity index is 844. The van der Waals surface area contributed by atoms with Gasteiger partial charge in [-0.2, -0.15) is 0 Å². The van der Waals surface area contributed by atoms with Crippen LogP contribution in [0, 0.1) is 0 Å². The first-order chi connectivity index (χ1) is 12.3. The second kappa shape index (κ2) is 9.00. The Kier molecular flexibility index (Phi) is 6.99. The van der Waals surface area contributed by atoms with Crippen molar-refractivity contribution < 1.29 is 13.2 Å². The van der Waals surface area contributed by atoms with Gasteiger partial charge in [-0.3, -0.25) is 14.1 Å². The predicted molar refractivity (Wildman–Crippen MR) is 104 cm³/mol. The van der Waals surface area contributed by atoms with E-state index in [2.05, 4.69) is 4.98 Å². The van der Waals surface area contributed by atoms with Crippen molar-refractivity contribution in [3.05, 3.63) is 59.4 Å². The standard InChI is InChI=1S/C18H22ClN3O3S/c1-21(12-8-15-6-10-20-11-7-15)18(23)9-13-22(26(2,24)25)17-5-3-4-16(19)14-17/h3-7,10-11,14H,8-9,12-13H2,1-2H3. The van der Waals surface area contributed by atoms with Gasteiger partial charge >= 0.3 is 0 Å². The number of carbonyl (C=O) groups excluding carboxylic acids is 1. The summed E-state index contributed by atoms with van der Waals surface area (Å²) in [6.07, 6.45) is 5.35. The highest BCUT2D eigenvalue weighted by Crippen LogP contribution is 2.22. The highest BCUT2D eigenvalue weighted by atomic mass is 35.5. The Morgan fingerprint density at radius 2 is 1.85 bits per heavy atom. The molecule has 0 fully saturated rings. The number of halogens is 1. The van der Waals surface area contributed by atoms with Crippen LogP contribution in [0.15, 0.2) is 48.8 Å². The monoisotopic (exact) mass is 395 g/mol. The van der Waals surface area contributed by atoms with Gasteiger partial charge in [-0.1, -0.05) is 17.7 Å². The summed E-state index contributed by atoms with van der Waals surface area (Å²) in [4.78, 5) is 17.9. The molecule has 0 aliphatic rings. The summed E-state index contributed by atoms with van der Waals surface area (Å²) in [6.45, 7) is 0.622. The smallest absolute Gasteiger partial charge is 0.232 e. The number of pyridine rings is 1. The molecule has 0 N–H and O–H groups in total. The second-order valence-electron chi connectivity index (χ2n) is 5.99. The molecule has 0 radical (unpaired) electrons. The third-order valence-corrected chi connectivity index (χ3v) is 5.37. The van der Waals surface area contributed by atoms with Crippen LogP contribution < -0.4 is 4.31 Å². The minimum absolute atomic E-state index is 0.0671. The number of nitrogens with zero attached hydrogens (tertiary/aromatic N) is 3. The van der Waals surface area contributed by atoms with Crippen LogP contribution >= 0.6 is 11.6 Å². The molecule has 0 unspecified atom stereocenters. The lowest BCUT2D eigenvalue weighted by Crippen LogP contribution is -2.36. The Balaban J connectivity index is 1.96. The average Bonchev–Trinajstić information content (AvgIpc) is 2.59. The molecule has 2 aromatic rings. The molecule has 0 atom stereocenters. The van der Waals surface area contributed by atoms with E-state index in [4.69, 9.17) is 11.6 Å². The van der Waals surface area contributed by atoms with Crippen LogP contribution in [0.25, 0.3) is 0 Å². The van der Waals surface area contributed by atoms with Crippen LogP contribution in [0.4, 0.5) is 5.69 Å². The van der Waals surface area contributed by atoms with E-state index in [1.54, 1.807) is 48.6 Å². The maximum atomic E-state index is 12.4. The average molecular weight is 396 g/mol. The minimum Gasteiger partial charge on any atom is -0.345 e. The largest absolute Gasteiger partial charge is 0.345 e. The van der Waals surface area contributed by atoms with Gasteiger partial charge in [0.15, 0.2) is 0 Å². The molecule has 1 aromatic heterocycles. The van der Waals surface area contributed by atoms with Gasteiger partial charge in [-0.05, 0) is 42.3 Å².